The molecular formula is C5H10MnO+3. The van der Waals surface area contributed by atoms with Crippen LogP contribution in [0.25, 0.3) is 0 Å². The quantitative estimate of drug-likeness (QED) is 0.460. The molecule has 0 bridgehead atoms. The zero-order chi connectivity index (χ0) is 4.24. The van der Waals surface area contributed by atoms with E-state index in [9.17, 15) is 0 Å². The summed E-state index contributed by atoms with van der Waals surface area (Å²) in [4.78, 5) is 0. The fraction of sp³-hybridized carbons (Fsp3) is 1.00. The molecule has 1 rings (SSSR count). The second-order valence-corrected chi connectivity index (χ2v) is 1.67. The number of hydrogen-bond acceptors (Lipinski definition) is 1. The molecule has 1 nitrogen and oxygen atoms in total. The molecule has 0 unspecified atom stereocenters. The number of ether oxygens (including phenoxy) is 1. The van der Waals surface area contributed by atoms with Crippen molar-refractivity contribution in [2.24, 2.45) is 0 Å². The van der Waals surface area contributed by atoms with Crippen molar-refractivity contribution in [3.63, 3.8) is 0 Å². The first-order valence-electron chi connectivity index (χ1n) is 2.58. The second kappa shape index (κ2) is 4.63. The van der Waals surface area contributed by atoms with Crippen LogP contribution in [0.4, 0.5) is 0 Å². The maximum Gasteiger partial charge on any atom is 3.00 e. The molecule has 1 aliphatic heterocycles. The van der Waals surface area contributed by atoms with Gasteiger partial charge >= 0.3 is 17.1 Å². The molecule has 0 saturated carbocycles. The van der Waals surface area contributed by atoms with Crippen LogP contribution in [-0.2, 0) is 21.8 Å². The van der Waals surface area contributed by atoms with Gasteiger partial charge in [-0.2, -0.15) is 0 Å². The average molecular weight is 141 g/mol. The van der Waals surface area contributed by atoms with Crippen LogP contribution in [0.2, 0.25) is 0 Å². The van der Waals surface area contributed by atoms with E-state index in [0.717, 1.165) is 13.2 Å². The molecule has 0 radical (unpaired) electrons. The zero-order valence-electron chi connectivity index (χ0n) is 4.32. The van der Waals surface area contributed by atoms with E-state index in [1.807, 2.05) is 0 Å². The molecule has 0 N–H and O–H groups in total. The van der Waals surface area contributed by atoms with Gasteiger partial charge in [-0.25, -0.2) is 0 Å². The minimum absolute atomic E-state index is 0. The Hall–Kier alpha value is 0.479. The summed E-state index contributed by atoms with van der Waals surface area (Å²) in [6.45, 7) is 2.00. The van der Waals surface area contributed by atoms with Crippen molar-refractivity contribution in [2.75, 3.05) is 13.2 Å². The van der Waals surface area contributed by atoms with E-state index < -0.39 is 0 Å². The molecule has 0 atom stereocenters. The van der Waals surface area contributed by atoms with E-state index in [0.29, 0.717) is 0 Å². The van der Waals surface area contributed by atoms with Gasteiger partial charge in [-0.05, 0) is 19.3 Å². The van der Waals surface area contributed by atoms with Crippen molar-refractivity contribution < 1.29 is 21.8 Å². The van der Waals surface area contributed by atoms with E-state index in [-0.39, 0.29) is 17.1 Å². The first kappa shape index (κ1) is 7.48. The molecule has 2 heteroatoms. The van der Waals surface area contributed by atoms with Crippen LogP contribution in [0.1, 0.15) is 19.3 Å². The van der Waals surface area contributed by atoms with Crippen molar-refractivity contribution in [2.45, 2.75) is 19.3 Å². The van der Waals surface area contributed by atoms with Gasteiger partial charge in [0, 0.05) is 13.2 Å². The molecule has 7 heavy (non-hydrogen) atoms. The van der Waals surface area contributed by atoms with Gasteiger partial charge in [0.2, 0.25) is 0 Å². The van der Waals surface area contributed by atoms with Gasteiger partial charge in [-0.15, -0.1) is 0 Å². The van der Waals surface area contributed by atoms with Gasteiger partial charge in [-0.1, -0.05) is 0 Å². The second-order valence-electron chi connectivity index (χ2n) is 1.67. The van der Waals surface area contributed by atoms with E-state index in [4.69, 9.17) is 4.74 Å². The summed E-state index contributed by atoms with van der Waals surface area (Å²) in [5.74, 6) is 0. The van der Waals surface area contributed by atoms with Gasteiger partial charge in [0.05, 0.1) is 0 Å². The van der Waals surface area contributed by atoms with E-state index in [1.165, 1.54) is 19.3 Å². The Balaban J connectivity index is 0.000000360. The Bertz CT molecular complexity index is 23.6. The summed E-state index contributed by atoms with van der Waals surface area (Å²) in [6, 6.07) is 0. The standard InChI is InChI=1S/C5H10O.Mn/c1-2-4-6-5-3-1;/h1-5H2;/q;+3. The third kappa shape index (κ3) is 3.10. The summed E-state index contributed by atoms with van der Waals surface area (Å²) >= 11 is 0. The van der Waals surface area contributed by atoms with Crippen LogP contribution in [0.15, 0.2) is 0 Å². The van der Waals surface area contributed by atoms with Crippen LogP contribution in [0.3, 0.4) is 0 Å². The zero-order valence-corrected chi connectivity index (χ0v) is 5.50. The predicted octanol–water partition coefficient (Wildman–Crippen LogP) is 1.18. The van der Waals surface area contributed by atoms with Gasteiger partial charge in [-0.3, -0.25) is 0 Å². The summed E-state index contributed by atoms with van der Waals surface area (Å²) < 4.78 is 5.07. The van der Waals surface area contributed by atoms with E-state index in [1.54, 1.807) is 0 Å². The van der Waals surface area contributed by atoms with Crippen LogP contribution >= 0.6 is 0 Å². The first-order valence-corrected chi connectivity index (χ1v) is 2.58. The van der Waals surface area contributed by atoms with E-state index >= 15 is 0 Å². The van der Waals surface area contributed by atoms with Crippen molar-refractivity contribution in [1.82, 2.24) is 0 Å². The smallest absolute Gasteiger partial charge is 0.381 e. The topological polar surface area (TPSA) is 9.23 Å². The fourth-order valence-corrected chi connectivity index (χ4v) is 0.687. The largest absolute Gasteiger partial charge is 3.00 e. The molecule has 40 valence electrons. The molecule has 0 aromatic rings. The maximum atomic E-state index is 5.07. The van der Waals surface area contributed by atoms with E-state index in [2.05, 4.69) is 0 Å². The Morgan fingerprint density at radius 2 is 1.43 bits per heavy atom. The molecule has 0 aromatic heterocycles. The predicted molar refractivity (Wildman–Crippen MR) is 24.7 cm³/mol. The summed E-state index contributed by atoms with van der Waals surface area (Å²) in [5, 5.41) is 0. The molecular weight excluding hydrogens is 131 g/mol. The third-order valence-electron chi connectivity index (χ3n) is 1.08. The monoisotopic (exact) mass is 141 g/mol. The van der Waals surface area contributed by atoms with Crippen molar-refractivity contribution in [3.8, 4) is 0 Å². The number of rotatable bonds is 0. The van der Waals surface area contributed by atoms with Crippen LogP contribution in [-0.4, -0.2) is 13.2 Å². The summed E-state index contributed by atoms with van der Waals surface area (Å²) in [7, 11) is 0. The Morgan fingerprint density at radius 1 is 0.857 bits per heavy atom. The minimum Gasteiger partial charge on any atom is -0.381 e. The van der Waals surface area contributed by atoms with Gasteiger partial charge in [0.15, 0.2) is 0 Å². The Morgan fingerprint density at radius 3 is 1.57 bits per heavy atom. The summed E-state index contributed by atoms with van der Waals surface area (Å²) in [6.07, 6.45) is 3.93. The van der Waals surface area contributed by atoms with Gasteiger partial charge < -0.3 is 4.74 Å². The van der Waals surface area contributed by atoms with Gasteiger partial charge in [0.1, 0.15) is 0 Å². The van der Waals surface area contributed by atoms with Crippen LogP contribution < -0.4 is 0 Å². The van der Waals surface area contributed by atoms with Crippen LogP contribution in [0, 0.1) is 0 Å². The SMILES string of the molecule is C1CCOCC1.[Mn+3]. The first-order chi connectivity index (χ1) is 3.00. The van der Waals surface area contributed by atoms with Crippen molar-refractivity contribution in [1.29, 1.82) is 0 Å². The fourth-order valence-electron chi connectivity index (χ4n) is 0.687. The Labute approximate surface area is 54.9 Å². The summed E-state index contributed by atoms with van der Waals surface area (Å²) in [5.41, 5.74) is 0. The average Bonchev–Trinajstić information content (AvgIpc) is 1.72. The Kier molecular flexibility index (Phi) is 4.95. The molecule has 1 fully saturated rings. The maximum absolute atomic E-state index is 5.07. The third-order valence-corrected chi connectivity index (χ3v) is 1.08. The van der Waals surface area contributed by atoms with Crippen molar-refractivity contribution >= 4 is 0 Å². The van der Waals surface area contributed by atoms with Crippen LogP contribution in [0.5, 0.6) is 0 Å². The van der Waals surface area contributed by atoms with Gasteiger partial charge in [0.25, 0.3) is 0 Å². The molecule has 0 aliphatic carbocycles. The number of hydrogen-bond donors (Lipinski definition) is 0. The molecule has 0 amide bonds. The molecule has 1 aliphatic rings. The minimum atomic E-state index is 0. The normalized spacial score (nSPS) is 20.6. The molecule has 0 spiro atoms. The molecule has 1 heterocycles. The van der Waals surface area contributed by atoms with Crippen molar-refractivity contribution in [3.05, 3.63) is 0 Å². The molecule has 1 saturated heterocycles. The molecule has 0 aromatic carbocycles.